The van der Waals surface area contributed by atoms with Crippen molar-refractivity contribution in [3.63, 3.8) is 0 Å². The maximum atomic E-state index is 12.4. The third kappa shape index (κ3) is 5.03. The quantitative estimate of drug-likeness (QED) is 0.529. The van der Waals surface area contributed by atoms with Crippen molar-refractivity contribution in [1.29, 1.82) is 0 Å². The summed E-state index contributed by atoms with van der Waals surface area (Å²) in [4.78, 5) is 28.5. The average molecular weight is 451 g/mol. The molecule has 0 radical (unpaired) electrons. The summed E-state index contributed by atoms with van der Waals surface area (Å²) in [6.45, 7) is 3.13. The molecule has 8 heteroatoms. The molecule has 2 aromatic carbocycles. The molecular weight excluding hydrogens is 424 g/mol. The standard InChI is InChI=1S/C24H26N4O3S/c1-16(22(29)27-23(25)30)32-24-26-20(17-9-4-2-5-10-17)21(18-11-6-3-7-12-18)28(24)15-19-13-8-14-31-19/h2-7,9-12,16,19H,8,13-15H2,1H3,(H3,25,27,29,30). The second-order valence-electron chi connectivity index (χ2n) is 7.68. The largest absolute Gasteiger partial charge is 0.376 e. The van der Waals surface area contributed by atoms with E-state index in [1.807, 2.05) is 48.5 Å². The van der Waals surface area contributed by atoms with Crippen LogP contribution in [0.15, 0.2) is 65.8 Å². The predicted molar refractivity (Wildman–Crippen MR) is 125 cm³/mol. The number of benzene rings is 2. The highest BCUT2D eigenvalue weighted by Gasteiger charge is 2.27. The molecular formula is C24H26N4O3S. The number of amides is 3. The zero-order valence-electron chi connectivity index (χ0n) is 17.9. The third-order valence-electron chi connectivity index (χ3n) is 5.34. The predicted octanol–water partition coefficient (Wildman–Crippen LogP) is 4.07. The van der Waals surface area contributed by atoms with Crippen LogP contribution in [0.3, 0.4) is 0 Å². The van der Waals surface area contributed by atoms with Crippen LogP contribution in [0.5, 0.6) is 0 Å². The Bertz CT molecular complexity index is 1080. The van der Waals surface area contributed by atoms with Crippen LogP contribution < -0.4 is 11.1 Å². The zero-order valence-corrected chi connectivity index (χ0v) is 18.7. The van der Waals surface area contributed by atoms with Crippen molar-refractivity contribution in [2.24, 2.45) is 5.73 Å². The van der Waals surface area contributed by atoms with Gasteiger partial charge in [-0.2, -0.15) is 0 Å². The summed E-state index contributed by atoms with van der Waals surface area (Å²) in [5.41, 5.74) is 8.99. The van der Waals surface area contributed by atoms with Gasteiger partial charge in [0.1, 0.15) is 0 Å². The number of nitrogens with two attached hydrogens (primary N) is 1. The highest BCUT2D eigenvalue weighted by atomic mass is 32.2. The monoisotopic (exact) mass is 450 g/mol. The summed E-state index contributed by atoms with van der Waals surface area (Å²) in [6, 6.07) is 19.3. The molecule has 1 aliphatic heterocycles. The van der Waals surface area contributed by atoms with E-state index in [2.05, 4.69) is 22.0 Å². The number of thioether (sulfide) groups is 1. The number of rotatable bonds is 7. The van der Waals surface area contributed by atoms with Crippen molar-refractivity contribution in [2.75, 3.05) is 6.61 Å². The summed E-state index contributed by atoms with van der Waals surface area (Å²) < 4.78 is 8.07. The van der Waals surface area contributed by atoms with Crippen LogP contribution >= 0.6 is 11.8 Å². The second-order valence-corrected chi connectivity index (χ2v) is 8.99. The highest BCUT2D eigenvalue weighted by Crippen LogP contribution is 2.37. The molecule has 0 saturated carbocycles. The van der Waals surface area contributed by atoms with Crippen LogP contribution in [0.2, 0.25) is 0 Å². The first-order valence-electron chi connectivity index (χ1n) is 10.6. The number of nitrogens with zero attached hydrogens (tertiary/aromatic N) is 2. The maximum Gasteiger partial charge on any atom is 0.318 e. The Hall–Kier alpha value is -3.10. The van der Waals surface area contributed by atoms with E-state index < -0.39 is 17.2 Å². The van der Waals surface area contributed by atoms with E-state index >= 15 is 0 Å². The topological polar surface area (TPSA) is 99.2 Å². The molecule has 0 aliphatic carbocycles. The molecule has 1 saturated heterocycles. The molecule has 32 heavy (non-hydrogen) atoms. The molecule has 2 heterocycles. The van der Waals surface area contributed by atoms with Crippen molar-refractivity contribution < 1.29 is 14.3 Å². The van der Waals surface area contributed by atoms with Crippen molar-refractivity contribution in [3.8, 4) is 22.5 Å². The van der Waals surface area contributed by atoms with Crippen LogP contribution in [-0.2, 0) is 16.1 Å². The number of hydrogen-bond donors (Lipinski definition) is 2. The van der Waals surface area contributed by atoms with Gasteiger partial charge in [-0.3, -0.25) is 10.1 Å². The number of primary amides is 1. The van der Waals surface area contributed by atoms with Gasteiger partial charge in [0.05, 0.1) is 29.3 Å². The lowest BCUT2D eigenvalue weighted by molar-refractivity contribution is -0.119. The van der Waals surface area contributed by atoms with E-state index in [0.29, 0.717) is 11.7 Å². The first-order chi connectivity index (χ1) is 15.5. The van der Waals surface area contributed by atoms with Crippen LogP contribution in [0, 0.1) is 0 Å². The molecule has 0 spiro atoms. The number of carbonyl (C=O) groups excluding carboxylic acids is 2. The van der Waals surface area contributed by atoms with Crippen LogP contribution in [0.25, 0.3) is 22.5 Å². The van der Waals surface area contributed by atoms with E-state index in [0.717, 1.165) is 42.0 Å². The van der Waals surface area contributed by atoms with Crippen molar-refractivity contribution in [2.45, 2.75) is 42.8 Å². The zero-order chi connectivity index (χ0) is 22.5. The van der Waals surface area contributed by atoms with E-state index in [-0.39, 0.29) is 6.10 Å². The van der Waals surface area contributed by atoms with E-state index in [1.165, 1.54) is 11.8 Å². The Labute approximate surface area is 191 Å². The van der Waals surface area contributed by atoms with Gasteiger partial charge in [0.2, 0.25) is 5.91 Å². The summed E-state index contributed by atoms with van der Waals surface area (Å²) in [6.07, 6.45) is 2.10. The molecule has 1 aromatic heterocycles. The minimum Gasteiger partial charge on any atom is -0.376 e. The van der Waals surface area contributed by atoms with E-state index in [4.69, 9.17) is 15.5 Å². The fourth-order valence-corrected chi connectivity index (χ4v) is 4.72. The lowest BCUT2D eigenvalue weighted by atomic mass is 10.0. The first-order valence-corrected chi connectivity index (χ1v) is 11.5. The van der Waals surface area contributed by atoms with Gasteiger partial charge in [0.25, 0.3) is 0 Å². The van der Waals surface area contributed by atoms with Crippen molar-refractivity contribution in [1.82, 2.24) is 14.9 Å². The minimum atomic E-state index is -0.861. The maximum absolute atomic E-state index is 12.4. The number of hydrogen-bond acceptors (Lipinski definition) is 5. The lowest BCUT2D eigenvalue weighted by Gasteiger charge is -2.18. The van der Waals surface area contributed by atoms with Gasteiger partial charge in [-0.1, -0.05) is 72.4 Å². The third-order valence-corrected chi connectivity index (χ3v) is 6.43. The fraction of sp³-hybridized carbons (Fsp3) is 0.292. The molecule has 2 atom stereocenters. The molecule has 7 nitrogen and oxygen atoms in total. The van der Waals surface area contributed by atoms with Gasteiger partial charge in [-0.05, 0) is 19.8 Å². The van der Waals surface area contributed by atoms with Crippen LogP contribution in [-0.4, -0.2) is 39.5 Å². The summed E-state index contributed by atoms with van der Waals surface area (Å²) in [5, 5.41) is 2.30. The number of ether oxygens (including phenoxy) is 1. The van der Waals surface area contributed by atoms with Crippen molar-refractivity contribution >= 4 is 23.7 Å². The molecule has 0 bridgehead atoms. The molecule has 1 aliphatic rings. The first kappa shape index (κ1) is 22.1. The average Bonchev–Trinajstić information content (AvgIpc) is 3.43. The molecule has 1 fully saturated rings. The smallest absolute Gasteiger partial charge is 0.318 e. The lowest BCUT2D eigenvalue weighted by Crippen LogP contribution is -2.39. The van der Waals surface area contributed by atoms with Crippen LogP contribution in [0.1, 0.15) is 19.8 Å². The minimum absolute atomic E-state index is 0.0874. The Morgan fingerprint density at radius 3 is 2.41 bits per heavy atom. The summed E-state index contributed by atoms with van der Waals surface area (Å²) in [7, 11) is 0. The second kappa shape index (κ2) is 10.0. The van der Waals surface area contributed by atoms with E-state index in [1.54, 1.807) is 6.92 Å². The Morgan fingerprint density at radius 1 is 1.16 bits per heavy atom. The Kier molecular flexibility index (Phi) is 6.92. The SMILES string of the molecule is CC(Sc1nc(-c2ccccc2)c(-c2ccccc2)n1CC1CCCO1)C(=O)NC(N)=O. The number of aromatic nitrogens is 2. The molecule has 166 valence electrons. The number of carbonyl (C=O) groups is 2. The number of imidazole rings is 1. The molecule has 3 N–H and O–H groups in total. The molecule has 4 rings (SSSR count). The summed E-state index contributed by atoms with van der Waals surface area (Å²) >= 11 is 1.30. The van der Waals surface area contributed by atoms with Crippen molar-refractivity contribution in [3.05, 3.63) is 60.7 Å². The number of urea groups is 1. The molecule has 2 unspecified atom stereocenters. The highest BCUT2D eigenvalue weighted by molar-refractivity contribution is 8.00. The fourth-order valence-electron chi connectivity index (χ4n) is 3.80. The van der Waals surface area contributed by atoms with Gasteiger partial charge < -0.3 is 15.0 Å². The van der Waals surface area contributed by atoms with Gasteiger partial charge in [0.15, 0.2) is 5.16 Å². The van der Waals surface area contributed by atoms with Gasteiger partial charge in [0, 0.05) is 17.7 Å². The number of imide groups is 1. The normalized spacial score (nSPS) is 16.6. The summed E-state index contributed by atoms with van der Waals surface area (Å²) in [5.74, 6) is -0.448. The Morgan fingerprint density at radius 2 is 1.81 bits per heavy atom. The molecule has 3 amide bonds. The van der Waals surface area contributed by atoms with E-state index in [9.17, 15) is 9.59 Å². The molecule has 3 aromatic rings. The Balaban J connectivity index is 1.81. The van der Waals surface area contributed by atoms with Gasteiger partial charge in [-0.25, -0.2) is 9.78 Å². The van der Waals surface area contributed by atoms with Crippen LogP contribution in [0.4, 0.5) is 4.79 Å². The van der Waals surface area contributed by atoms with Gasteiger partial charge in [-0.15, -0.1) is 0 Å². The van der Waals surface area contributed by atoms with Gasteiger partial charge >= 0.3 is 6.03 Å². The number of nitrogens with one attached hydrogen (secondary N) is 1.